The predicted molar refractivity (Wildman–Crippen MR) is 57.7 cm³/mol. The first-order valence-corrected chi connectivity index (χ1v) is 5.04. The van der Waals surface area contributed by atoms with Crippen molar-refractivity contribution in [3.63, 3.8) is 0 Å². The van der Waals surface area contributed by atoms with Crippen LogP contribution in [-0.4, -0.2) is 13.3 Å². The minimum atomic E-state index is 0.0636. The van der Waals surface area contributed by atoms with E-state index >= 15 is 0 Å². The molecule has 0 aromatic rings. The lowest BCUT2D eigenvalue weighted by atomic mass is 9.60. The maximum Gasteiger partial charge on any atom is 0.252 e. The molecule has 2 nitrogen and oxygen atoms in total. The Morgan fingerprint density at radius 1 is 1.46 bits per heavy atom. The highest BCUT2D eigenvalue weighted by Crippen LogP contribution is 2.27. The van der Waals surface area contributed by atoms with Crippen LogP contribution in [0.25, 0.3) is 0 Å². The van der Waals surface area contributed by atoms with E-state index in [1.807, 2.05) is 21.3 Å². The molecule has 1 radical (unpaired) electrons. The lowest BCUT2D eigenvalue weighted by Gasteiger charge is -2.22. The van der Waals surface area contributed by atoms with Crippen molar-refractivity contribution >= 4 is 13.3 Å². The van der Waals surface area contributed by atoms with Crippen LogP contribution in [0.4, 0.5) is 0 Å². The van der Waals surface area contributed by atoms with Crippen molar-refractivity contribution in [3.05, 3.63) is 0 Å². The molecule has 75 valence electrons. The Balaban J connectivity index is 3.80. The Hall–Kier alpha value is -0.465. The van der Waals surface area contributed by atoms with Gasteiger partial charge in [0.2, 0.25) is 5.91 Å². The number of carbonyl (C=O) groups is 1. The Morgan fingerprint density at radius 3 is 2.38 bits per heavy atom. The van der Waals surface area contributed by atoms with E-state index in [0.29, 0.717) is 0 Å². The molecule has 1 amide bonds. The second-order valence-electron chi connectivity index (χ2n) is 4.55. The normalized spacial score (nSPS) is 11.5. The lowest BCUT2D eigenvalue weighted by molar-refractivity contribution is -0.122. The number of hydrogen-bond acceptors (Lipinski definition) is 1. The number of nitrogens with one attached hydrogen (secondary N) is 1. The molecule has 0 rings (SSSR count). The minimum absolute atomic E-state index is 0.0636. The molecular formula is C10H21BNO. The van der Waals surface area contributed by atoms with Gasteiger partial charge in [0.15, 0.2) is 0 Å². The van der Waals surface area contributed by atoms with Crippen LogP contribution >= 0.6 is 0 Å². The monoisotopic (exact) mass is 182 g/mol. The second-order valence-corrected chi connectivity index (χ2v) is 4.55. The molecular weight excluding hydrogens is 161 g/mol. The zero-order valence-corrected chi connectivity index (χ0v) is 9.48. The van der Waals surface area contributed by atoms with Gasteiger partial charge in [0.1, 0.15) is 0 Å². The molecule has 0 aliphatic rings. The summed E-state index contributed by atoms with van der Waals surface area (Å²) in [6.07, 6.45) is 2.24. The summed E-state index contributed by atoms with van der Waals surface area (Å²) in [5, 5.41) is 2.95. The molecule has 0 aromatic heterocycles. The van der Waals surface area contributed by atoms with Crippen molar-refractivity contribution in [2.75, 3.05) is 0 Å². The molecule has 0 aromatic carbocycles. The van der Waals surface area contributed by atoms with Crippen molar-refractivity contribution < 1.29 is 4.79 Å². The van der Waals surface area contributed by atoms with Gasteiger partial charge in [-0.05, 0) is 5.31 Å². The number of amides is 1. The average molecular weight is 182 g/mol. The summed E-state index contributed by atoms with van der Waals surface area (Å²) in [7, 11) is 1.92. The van der Waals surface area contributed by atoms with E-state index in [2.05, 4.69) is 26.0 Å². The van der Waals surface area contributed by atoms with Gasteiger partial charge in [-0.1, -0.05) is 47.5 Å². The van der Waals surface area contributed by atoms with Gasteiger partial charge >= 0.3 is 0 Å². The van der Waals surface area contributed by atoms with Gasteiger partial charge in [0, 0.05) is 5.92 Å². The molecule has 0 heterocycles. The standard InChI is InChI=1S/C10H21BNO/c1-6-7-10(4,5)11-12-9(13)8(2)3/h8H,6-7H2,1-5H3,(H,12,13). The van der Waals surface area contributed by atoms with Gasteiger partial charge in [-0.2, -0.15) is 0 Å². The van der Waals surface area contributed by atoms with Crippen LogP contribution in [0.1, 0.15) is 47.5 Å². The van der Waals surface area contributed by atoms with Crippen LogP contribution < -0.4 is 5.23 Å². The van der Waals surface area contributed by atoms with Crippen LogP contribution in [0.5, 0.6) is 0 Å². The third kappa shape index (κ3) is 5.72. The van der Waals surface area contributed by atoms with Gasteiger partial charge in [0.05, 0.1) is 0 Å². The van der Waals surface area contributed by atoms with E-state index < -0.39 is 0 Å². The SMILES string of the molecule is CCCC(C)(C)[B]NC(=O)C(C)C. The molecule has 0 aliphatic heterocycles. The first-order valence-electron chi connectivity index (χ1n) is 5.04. The van der Waals surface area contributed by atoms with Gasteiger partial charge < -0.3 is 5.23 Å². The molecule has 1 N–H and O–H groups in total. The highest BCUT2D eigenvalue weighted by atomic mass is 16.1. The molecule has 0 fully saturated rings. The Bertz CT molecular complexity index is 166. The van der Waals surface area contributed by atoms with Gasteiger partial charge in [-0.3, -0.25) is 4.79 Å². The van der Waals surface area contributed by atoms with Gasteiger partial charge in [0.25, 0.3) is 7.41 Å². The van der Waals surface area contributed by atoms with E-state index in [-0.39, 0.29) is 17.1 Å². The fourth-order valence-electron chi connectivity index (χ4n) is 1.15. The smallest absolute Gasteiger partial charge is 0.252 e. The van der Waals surface area contributed by atoms with E-state index in [1.54, 1.807) is 0 Å². The van der Waals surface area contributed by atoms with Crippen molar-refractivity contribution in [1.82, 2.24) is 5.23 Å². The van der Waals surface area contributed by atoms with Crippen LogP contribution in [0.2, 0.25) is 5.31 Å². The quantitative estimate of drug-likeness (QED) is 0.649. The minimum Gasteiger partial charge on any atom is -0.403 e. The van der Waals surface area contributed by atoms with Crippen LogP contribution in [-0.2, 0) is 4.79 Å². The summed E-state index contributed by atoms with van der Waals surface area (Å²) in [6, 6.07) is 0. The molecule has 0 spiro atoms. The number of hydrogen-bond donors (Lipinski definition) is 1. The van der Waals surface area contributed by atoms with Crippen molar-refractivity contribution in [3.8, 4) is 0 Å². The number of rotatable bonds is 5. The Kier molecular flexibility index (Phi) is 5.11. The molecule has 0 saturated heterocycles. The summed E-state index contributed by atoms with van der Waals surface area (Å²) < 4.78 is 0. The van der Waals surface area contributed by atoms with Crippen LogP contribution in [0.3, 0.4) is 0 Å². The zero-order valence-electron chi connectivity index (χ0n) is 9.48. The van der Waals surface area contributed by atoms with E-state index in [4.69, 9.17) is 0 Å². The topological polar surface area (TPSA) is 29.1 Å². The Morgan fingerprint density at radius 2 is 2.00 bits per heavy atom. The van der Waals surface area contributed by atoms with Crippen molar-refractivity contribution in [2.24, 2.45) is 5.92 Å². The highest BCUT2D eigenvalue weighted by Gasteiger charge is 2.20. The maximum absolute atomic E-state index is 11.3. The molecule has 0 bridgehead atoms. The molecule has 0 atom stereocenters. The third-order valence-corrected chi connectivity index (χ3v) is 2.02. The molecule has 0 saturated carbocycles. The largest absolute Gasteiger partial charge is 0.403 e. The van der Waals surface area contributed by atoms with Crippen molar-refractivity contribution in [2.45, 2.75) is 52.8 Å². The highest BCUT2D eigenvalue weighted by molar-refractivity contribution is 6.41. The fourth-order valence-corrected chi connectivity index (χ4v) is 1.15. The molecule has 13 heavy (non-hydrogen) atoms. The molecule has 3 heteroatoms. The van der Waals surface area contributed by atoms with E-state index in [9.17, 15) is 4.79 Å². The van der Waals surface area contributed by atoms with E-state index in [1.165, 1.54) is 0 Å². The summed E-state index contributed by atoms with van der Waals surface area (Å²) in [5.74, 6) is 0.165. The lowest BCUT2D eigenvalue weighted by Crippen LogP contribution is -2.36. The fraction of sp³-hybridized carbons (Fsp3) is 0.900. The van der Waals surface area contributed by atoms with E-state index in [0.717, 1.165) is 12.8 Å². The average Bonchev–Trinajstić information content (AvgIpc) is 2.00. The summed E-state index contributed by atoms with van der Waals surface area (Å²) in [6.45, 7) is 10.2. The Labute approximate surface area is 82.7 Å². The molecule has 0 unspecified atom stereocenters. The first-order chi connectivity index (χ1) is 5.89. The summed E-state index contributed by atoms with van der Waals surface area (Å²) in [4.78, 5) is 11.3. The number of carbonyl (C=O) groups excluding carboxylic acids is 1. The van der Waals surface area contributed by atoms with Gasteiger partial charge in [-0.15, -0.1) is 0 Å². The van der Waals surface area contributed by atoms with Gasteiger partial charge in [-0.25, -0.2) is 0 Å². The second kappa shape index (κ2) is 5.30. The third-order valence-electron chi connectivity index (χ3n) is 2.02. The van der Waals surface area contributed by atoms with Crippen LogP contribution in [0, 0.1) is 5.92 Å². The predicted octanol–water partition coefficient (Wildman–Crippen LogP) is 2.38. The van der Waals surface area contributed by atoms with Crippen molar-refractivity contribution in [1.29, 1.82) is 0 Å². The summed E-state index contributed by atoms with van der Waals surface area (Å²) >= 11 is 0. The first kappa shape index (κ1) is 12.5. The molecule has 0 aliphatic carbocycles. The van der Waals surface area contributed by atoms with Crippen LogP contribution in [0.15, 0.2) is 0 Å². The zero-order chi connectivity index (χ0) is 10.5. The summed E-state index contributed by atoms with van der Waals surface area (Å²) in [5.41, 5.74) is 0. The maximum atomic E-state index is 11.3.